The zero-order chi connectivity index (χ0) is 28.2. The van der Waals surface area contributed by atoms with Crippen LogP contribution in [0.3, 0.4) is 0 Å². The Morgan fingerprint density at radius 1 is 1.07 bits per heavy atom. The summed E-state index contributed by atoms with van der Waals surface area (Å²) in [4.78, 5) is 32.7. The van der Waals surface area contributed by atoms with Crippen LogP contribution in [0, 0.1) is 5.82 Å². The molecule has 1 aliphatic rings. The van der Waals surface area contributed by atoms with E-state index in [0.29, 0.717) is 34.2 Å². The largest absolute Gasteiger partial charge is 0.343 e. The molecule has 40 heavy (non-hydrogen) atoms. The van der Waals surface area contributed by atoms with E-state index < -0.39 is 0 Å². The molecule has 0 spiro atoms. The van der Waals surface area contributed by atoms with Gasteiger partial charge < -0.3 is 15.5 Å². The predicted molar refractivity (Wildman–Crippen MR) is 152 cm³/mol. The number of amides is 3. The second-order valence-corrected chi connectivity index (χ2v) is 9.86. The first-order chi connectivity index (χ1) is 19.3. The van der Waals surface area contributed by atoms with Gasteiger partial charge in [0.25, 0.3) is 5.91 Å². The molecule has 1 unspecified atom stereocenters. The Balaban J connectivity index is 1.65. The SMILES string of the molecule is CCNC(=O)N1C/C(=C\c2ccc(F)cc2)c2c(c(C(=O)NC(C)c3ccccn3)nn2-c2ccc(Cl)cc2)C1. The monoisotopic (exact) mass is 558 g/mol. The van der Waals surface area contributed by atoms with Crippen LogP contribution in [0.1, 0.15) is 52.9 Å². The molecule has 0 saturated heterocycles. The number of nitrogens with zero attached hydrogens (tertiary/aromatic N) is 4. The van der Waals surface area contributed by atoms with Gasteiger partial charge in [-0.2, -0.15) is 5.10 Å². The highest BCUT2D eigenvalue weighted by molar-refractivity contribution is 6.30. The standard InChI is InChI=1S/C30H28ClFN6O2/c1-3-33-30(40)37-17-21(16-20-7-11-23(32)12-8-20)28-25(18-37)27(36-38(28)24-13-9-22(31)10-14-24)29(39)35-19(2)26-6-4-5-15-34-26/h4-16,19H,3,17-18H2,1-2H3,(H,33,40)(H,35,39)/b21-16+. The first-order valence-electron chi connectivity index (χ1n) is 12.9. The van der Waals surface area contributed by atoms with Crippen molar-refractivity contribution in [2.75, 3.05) is 13.1 Å². The van der Waals surface area contributed by atoms with E-state index in [1.165, 1.54) is 12.1 Å². The lowest BCUT2D eigenvalue weighted by Crippen LogP contribution is -2.42. The van der Waals surface area contributed by atoms with E-state index in [4.69, 9.17) is 16.7 Å². The van der Waals surface area contributed by atoms with Crippen molar-refractivity contribution in [3.63, 3.8) is 0 Å². The fraction of sp³-hybridized carbons (Fsp3) is 0.200. The van der Waals surface area contributed by atoms with Crippen LogP contribution in [-0.4, -0.2) is 44.7 Å². The maximum Gasteiger partial charge on any atom is 0.317 e. The molecule has 0 saturated carbocycles. The van der Waals surface area contributed by atoms with Gasteiger partial charge in [-0.25, -0.2) is 13.9 Å². The smallest absolute Gasteiger partial charge is 0.317 e. The predicted octanol–water partition coefficient (Wildman–Crippen LogP) is 5.64. The summed E-state index contributed by atoms with van der Waals surface area (Å²) in [5, 5.41) is 11.2. The summed E-state index contributed by atoms with van der Waals surface area (Å²) < 4.78 is 15.3. The summed E-state index contributed by atoms with van der Waals surface area (Å²) in [7, 11) is 0. The number of rotatable bonds is 6. The van der Waals surface area contributed by atoms with Crippen molar-refractivity contribution in [3.05, 3.63) is 112 Å². The number of halogens is 2. The van der Waals surface area contributed by atoms with E-state index in [9.17, 15) is 14.0 Å². The molecule has 1 aliphatic heterocycles. The molecule has 5 rings (SSSR count). The van der Waals surface area contributed by atoms with Crippen LogP contribution in [-0.2, 0) is 6.54 Å². The molecule has 8 nitrogen and oxygen atoms in total. The number of carbonyl (C=O) groups excluding carboxylic acids is 2. The number of benzene rings is 2. The van der Waals surface area contributed by atoms with Crippen LogP contribution >= 0.6 is 11.6 Å². The normalized spacial score (nSPS) is 14.5. The minimum absolute atomic E-state index is 0.177. The highest BCUT2D eigenvalue weighted by Crippen LogP contribution is 2.34. The van der Waals surface area contributed by atoms with Crippen molar-refractivity contribution in [1.82, 2.24) is 30.3 Å². The lowest BCUT2D eigenvalue weighted by molar-refractivity contribution is 0.0931. The topological polar surface area (TPSA) is 92.2 Å². The average molecular weight is 559 g/mol. The second-order valence-electron chi connectivity index (χ2n) is 9.43. The quantitative estimate of drug-likeness (QED) is 0.320. The first kappa shape index (κ1) is 27.1. The molecule has 10 heteroatoms. The fourth-order valence-electron chi connectivity index (χ4n) is 4.66. The molecular weight excluding hydrogens is 531 g/mol. The highest BCUT2D eigenvalue weighted by Gasteiger charge is 2.34. The molecule has 2 aromatic heterocycles. The molecular formula is C30H28ClFN6O2. The number of hydrogen-bond acceptors (Lipinski definition) is 4. The van der Waals surface area contributed by atoms with Gasteiger partial charge in [0.05, 0.1) is 29.7 Å². The van der Waals surface area contributed by atoms with E-state index in [1.807, 2.05) is 50.3 Å². The van der Waals surface area contributed by atoms with Crippen LogP contribution in [0.15, 0.2) is 72.9 Å². The summed E-state index contributed by atoms with van der Waals surface area (Å²) in [6.45, 7) is 4.60. The second kappa shape index (κ2) is 11.7. The molecule has 2 aromatic carbocycles. The Kier molecular flexibility index (Phi) is 7.93. The van der Waals surface area contributed by atoms with Gasteiger partial charge in [-0.05, 0) is 79.6 Å². The average Bonchev–Trinajstić information content (AvgIpc) is 3.35. The van der Waals surface area contributed by atoms with E-state index in [1.54, 1.807) is 40.0 Å². The van der Waals surface area contributed by atoms with E-state index in [0.717, 1.165) is 11.1 Å². The third kappa shape index (κ3) is 5.74. The zero-order valence-electron chi connectivity index (χ0n) is 22.1. The zero-order valence-corrected chi connectivity index (χ0v) is 22.8. The molecule has 0 fully saturated rings. The number of fused-ring (bicyclic) bond motifs is 1. The maximum absolute atomic E-state index is 13.7. The summed E-state index contributed by atoms with van der Waals surface area (Å²) in [6, 6.07) is 18.1. The minimum Gasteiger partial charge on any atom is -0.343 e. The Hall–Kier alpha value is -4.50. The number of carbonyl (C=O) groups is 2. The van der Waals surface area contributed by atoms with Gasteiger partial charge in [0.15, 0.2) is 5.69 Å². The molecule has 204 valence electrons. The van der Waals surface area contributed by atoms with Gasteiger partial charge in [0.2, 0.25) is 0 Å². The number of hydrogen-bond donors (Lipinski definition) is 2. The van der Waals surface area contributed by atoms with Crippen molar-refractivity contribution in [3.8, 4) is 5.69 Å². The third-order valence-electron chi connectivity index (χ3n) is 6.59. The van der Waals surface area contributed by atoms with Crippen molar-refractivity contribution < 1.29 is 14.0 Å². The molecule has 3 amide bonds. The van der Waals surface area contributed by atoms with Crippen LogP contribution in [0.5, 0.6) is 0 Å². The first-order valence-corrected chi connectivity index (χ1v) is 13.3. The third-order valence-corrected chi connectivity index (χ3v) is 6.84. The summed E-state index contributed by atoms with van der Waals surface area (Å²) in [6.07, 6.45) is 3.56. The lowest BCUT2D eigenvalue weighted by atomic mass is 9.97. The van der Waals surface area contributed by atoms with Crippen LogP contribution < -0.4 is 10.6 Å². The van der Waals surface area contributed by atoms with Crippen LogP contribution in [0.25, 0.3) is 17.3 Å². The van der Waals surface area contributed by atoms with Gasteiger partial charge in [0.1, 0.15) is 5.82 Å². The highest BCUT2D eigenvalue weighted by atomic mass is 35.5. The Bertz CT molecular complexity index is 1550. The van der Waals surface area contributed by atoms with Gasteiger partial charge in [0, 0.05) is 29.9 Å². The molecule has 4 aromatic rings. The molecule has 0 bridgehead atoms. The summed E-state index contributed by atoms with van der Waals surface area (Å²) in [5.41, 5.74) is 4.41. The Morgan fingerprint density at radius 2 is 1.82 bits per heavy atom. The molecule has 2 N–H and O–H groups in total. The van der Waals surface area contributed by atoms with Crippen LogP contribution in [0.2, 0.25) is 5.02 Å². The molecule has 0 radical (unpaired) electrons. The van der Waals surface area contributed by atoms with Crippen molar-refractivity contribution in [2.24, 2.45) is 0 Å². The van der Waals surface area contributed by atoms with Crippen molar-refractivity contribution >= 4 is 35.2 Å². The van der Waals surface area contributed by atoms with E-state index in [2.05, 4.69) is 15.6 Å². The number of pyridine rings is 1. The van der Waals surface area contributed by atoms with Crippen molar-refractivity contribution in [1.29, 1.82) is 0 Å². The van der Waals surface area contributed by atoms with Crippen molar-refractivity contribution in [2.45, 2.75) is 26.4 Å². The Morgan fingerprint density at radius 3 is 2.50 bits per heavy atom. The molecule has 3 heterocycles. The molecule has 1 atom stereocenters. The van der Waals surface area contributed by atoms with Gasteiger partial charge in [-0.15, -0.1) is 0 Å². The Labute approximate surface area is 236 Å². The van der Waals surface area contributed by atoms with Gasteiger partial charge in [-0.1, -0.05) is 29.8 Å². The maximum atomic E-state index is 13.7. The van der Waals surface area contributed by atoms with Gasteiger partial charge in [-0.3, -0.25) is 9.78 Å². The number of aromatic nitrogens is 3. The summed E-state index contributed by atoms with van der Waals surface area (Å²) in [5.74, 6) is -0.733. The number of urea groups is 1. The fourth-order valence-corrected chi connectivity index (χ4v) is 4.79. The summed E-state index contributed by atoms with van der Waals surface area (Å²) >= 11 is 6.15. The van der Waals surface area contributed by atoms with E-state index >= 15 is 0 Å². The van der Waals surface area contributed by atoms with E-state index in [-0.39, 0.29) is 42.6 Å². The van der Waals surface area contributed by atoms with Crippen LogP contribution in [0.4, 0.5) is 9.18 Å². The minimum atomic E-state index is -0.388. The number of nitrogens with one attached hydrogen (secondary N) is 2. The lowest BCUT2D eigenvalue weighted by Gasteiger charge is -2.30. The van der Waals surface area contributed by atoms with Gasteiger partial charge >= 0.3 is 6.03 Å². The molecule has 0 aliphatic carbocycles.